The van der Waals surface area contributed by atoms with Crippen LogP contribution < -0.4 is 11.2 Å². The van der Waals surface area contributed by atoms with E-state index in [2.05, 4.69) is 15.2 Å². The Balaban J connectivity index is 2.33. The van der Waals surface area contributed by atoms with E-state index < -0.39 is 27.0 Å². The lowest BCUT2D eigenvalue weighted by atomic mass is 10.0. The van der Waals surface area contributed by atoms with Gasteiger partial charge in [0.1, 0.15) is 5.88 Å². The van der Waals surface area contributed by atoms with Gasteiger partial charge in [0.15, 0.2) is 9.84 Å². The highest BCUT2D eigenvalue weighted by Crippen LogP contribution is 2.25. The first-order valence-corrected chi connectivity index (χ1v) is 9.04. The van der Waals surface area contributed by atoms with Crippen LogP contribution in [0.15, 0.2) is 40.2 Å². The summed E-state index contributed by atoms with van der Waals surface area (Å²) < 4.78 is 23.6. The van der Waals surface area contributed by atoms with Gasteiger partial charge in [-0.15, -0.1) is 0 Å². The van der Waals surface area contributed by atoms with Crippen LogP contribution in [-0.4, -0.2) is 34.4 Å². The number of hydrogen-bond acceptors (Lipinski definition) is 6. The molecule has 3 rings (SSSR count). The van der Waals surface area contributed by atoms with Crippen LogP contribution in [0.25, 0.3) is 22.0 Å². The fourth-order valence-electron chi connectivity index (χ4n) is 2.52. The van der Waals surface area contributed by atoms with E-state index >= 15 is 0 Å². The molecule has 8 nitrogen and oxygen atoms in total. The summed E-state index contributed by atoms with van der Waals surface area (Å²) in [5, 5.41) is 7.76. The SMILES string of the molecule is Cc1cc2[nH]c(=O)n(CS(C)(=O)=O)c(=O)c2cc1-c1ccnnc1. The van der Waals surface area contributed by atoms with E-state index in [1.807, 2.05) is 6.92 Å². The van der Waals surface area contributed by atoms with E-state index in [1.54, 1.807) is 24.4 Å². The van der Waals surface area contributed by atoms with Gasteiger partial charge in [-0.1, -0.05) is 0 Å². The van der Waals surface area contributed by atoms with Gasteiger partial charge in [0.25, 0.3) is 5.56 Å². The predicted octanol–water partition coefficient (Wildman–Crippen LogP) is 0.457. The molecule has 2 aromatic heterocycles. The van der Waals surface area contributed by atoms with Crippen LogP contribution >= 0.6 is 0 Å². The Bertz CT molecular complexity index is 1150. The second-order valence-electron chi connectivity index (χ2n) is 5.56. The normalized spacial score (nSPS) is 11.8. The van der Waals surface area contributed by atoms with Gasteiger partial charge in [-0.25, -0.2) is 17.8 Å². The predicted molar refractivity (Wildman–Crippen MR) is 89.4 cm³/mol. The number of benzene rings is 1. The molecule has 0 aliphatic rings. The van der Waals surface area contributed by atoms with Crippen molar-refractivity contribution in [1.82, 2.24) is 19.7 Å². The third-order valence-corrected chi connectivity index (χ3v) is 4.31. The van der Waals surface area contributed by atoms with E-state index in [-0.39, 0.29) is 5.39 Å². The van der Waals surface area contributed by atoms with Crippen LogP contribution in [0, 0.1) is 6.92 Å². The molecule has 124 valence electrons. The molecule has 1 N–H and O–H groups in total. The highest BCUT2D eigenvalue weighted by atomic mass is 32.2. The van der Waals surface area contributed by atoms with Gasteiger partial charge < -0.3 is 4.98 Å². The summed E-state index contributed by atoms with van der Waals surface area (Å²) in [4.78, 5) is 27.2. The summed E-state index contributed by atoms with van der Waals surface area (Å²) in [5.41, 5.74) is 1.32. The fraction of sp³-hybridized carbons (Fsp3) is 0.200. The van der Waals surface area contributed by atoms with Gasteiger partial charge in [0, 0.05) is 11.8 Å². The van der Waals surface area contributed by atoms with Crippen LogP contribution in [0.2, 0.25) is 0 Å². The summed E-state index contributed by atoms with van der Waals surface area (Å²) in [6.07, 6.45) is 4.06. The number of fused-ring (bicyclic) bond motifs is 1. The fourth-order valence-corrected chi connectivity index (χ4v) is 3.22. The van der Waals surface area contributed by atoms with E-state index in [9.17, 15) is 18.0 Å². The molecule has 0 unspecified atom stereocenters. The molecule has 0 atom stereocenters. The molecule has 0 bridgehead atoms. The van der Waals surface area contributed by atoms with E-state index in [0.717, 1.165) is 22.9 Å². The Morgan fingerprint density at radius 2 is 1.96 bits per heavy atom. The molecule has 0 saturated heterocycles. The first-order chi connectivity index (χ1) is 11.3. The van der Waals surface area contributed by atoms with Crippen molar-refractivity contribution in [3.05, 3.63) is 57.0 Å². The zero-order valence-corrected chi connectivity index (χ0v) is 13.8. The van der Waals surface area contributed by atoms with Gasteiger partial charge in [-0.3, -0.25) is 4.79 Å². The topological polar surface area (TPSA) is 115 Å². The molecule has 0 radical (unpaired) electrons. The maximum absolute atomic E-state index is 12.6. The lowest BCUT2D eigenvalue weighted by Crippen LogP contribution is -2.37. The Morgan fingerprint density at radius 3 is 2.58 bits per heavy atom. The van der Waals surface area contributed by atoms with Gasteiger partial charge >= 0.3 is 5.69 Å². The van der Waals surface area contributed by atoms with Crippen LogP contribution in [0.1, 0.15) is 5.56 Å². The zero-order chi connectivity index (χ0) is 17.5. The third kappa shape index (κ3) is 2.98. The van der Waals surface area contributed by atoms with Crippen LogP contribution in [0.5, 0.6) is 0 Å². The number of nitrogens with zero attached hydrogens (tertiary/aromatic N) is 3. The molecule has 24 heavy (non-hydrogen) atoms. The van der Waals surface area contributed by atoms with Crippen molar-refractivity contribution in [1.29, 1.82) is 0 Å². The molecular formula is C15H14N4O4S. The number of rotatable bonds is 3. The minimum atomic E-state index is -3.54. The second-order valence-corrected chi connectivity index (χ2v) is 7.67. The molecule has 0 fully saturated rings. The lowest BCUT2D eigenvalue weighted by Gasteiger charge is -2.09. The maximum atomic E-state index is 12.6. The quantitative estimate of drug-likeness (QED) is 0.737. The summed E-state index contributed by atoms with van der Waals surface area (Å²) in [5.74, 6) is -0.670. The average Bonchev–Trinajstić information content (AvgIpc) is 2.51. The van der Waals surface area contributed by atoms with Crippen LogP contribution in [0.3, 0.4) is 0 Å². The van der Waals surface area contributed by atoms with E-state index in [0.29, 0.717) is 10.1 Å². The van der Waals surface area contributed by atoms with E-state index in [4.69, 9.17) is 0 Å². The molecule has 0 saturated carbocycles. The highest BCUT2D eigenvalue weighted by molar-refractivity contribution is 7.89. The average molecular weight is 346 g/mol. The highest BCUT2D eigenvalue weighted by Gasteiger charge is 2.14. The number of aromatic nitrogens is 4. The van der Waals surface area contributed by atoms with Crippen LogP contribution in [-0.2, 0) is 15.7 Å². The van der Waals surface area contributed by atoms with Crippen molar-refractivity contribution in [3.8, 4) is 11.1 Å². The van der Waals surface area contributed by atoms with Crippen molar-refractivity contribution in [2.75, 3.05) is 6.26 Å². The van der Waals surface area contributed by atoms with Crippen molar-refractivity contribution in [3.63, 3.8) is 0 Å². The molecule has 1 aromatic carbocycles. The molecule has 9 heteroatoms. The standard InChI is InChI=1S/C15H14N4O4S/c1-9-5-13-12(6-11(9)10-3-4-16-17-7-10)14(20)19(15(21)18-13)8-24(2,22)23/h3-7H,8H2,1-2H3,(H,18,21). The minimum Gasteiger partial charge on any atom is -0.307 e. The monoisotopic (exact) mass is 346 g/mol. The number of hydrogen-bond donors (Lipinski definition) is 1. The van der Waals surface area contributed by atoms with Gasteiger partial charge in [-0.05, 0) is 36.2 Å². The first-order valence-electron chi connectivity index (χ1n) is 6.98. The Morgan fingerprint density at radius 1 is 1.21 bits per heavy atom. The molecule has 0 aliphatic heterocycles. The smallest absolute Gasteiger partial charge is 0.307 e. The summed E-state index contributed by atoms with van der Waals surface area (Å²) >= 11 is 0. The molecule has 0 aliphatic carbocycles. The second kappa shape index (κ2) is 5.68. The van der Waals surface area contributed by atoms with E-state index in [1.165, 1.54) is 6.20 Å². The number of sulfone groups is 1. The van der Waals surface area contributed by atoms with Crippen LogP contribution in [0.4, 0.5) is 0 Å². The molecule has 3 aromatic rings. The Labute approximate surface area is 136 Å². The van der Waals surface area contributed by atoms with Crippen molar-refractivity contribution >= 4 is 20.7 Å². The Hall–Kier alpha value is -2.81. The third-order valence-electron chi connectivity index (χ3n) is 3.59. The van der Waals surface area contributed by atoms with Gasteiger partial charge in [0.2, 0.25) is 0 Å². The number of aryl methyl sites for hydroxylation is 1. The zero-order valence-electron chi connectivity index (χ0n) is 13.0. The molecule has 2 heterocycles. The maximum Gasteiger partial charge on any atom is 0.329 e. The molecule has 0 spiro atoms. The van der Waals surface area contributed by atoms with Crippen molar-refractivity contribution in [2.24, 2.45) is 0 Å². The minimum absolute atomic E-state index is 0.232. The Kier molecular flexibility index (Phi) is 3.80. The number of aromatic amines is 1. The molecular weight excluding hydrogens is 332 g/mol. The molecule has 0 amide bonds. The van der Waals surface area contributed by atoms with Gasteiger partial charge in [0.05, 0.1) is 23.3 Å². The number of nitrogens with one attached hydrogen (secondary N) is 1. The van der Waals surface area contributed by atoms with Gasteiger partial charge in [-0.2, -0.15) is 10.2 Å². The lowest BCUT2D eigenvalue weighted by molar-refractivity contribution is 0.584. The summed E-state index contributed by atoms with van der Waals surface area (Å²) in [6.45, 7) is 1.84. The number of H-pyrrole nitrogens is 1. The summed E-state index contributed by atoms with van der Waals surface area (Å²) in [6, 6.07) is 5.05. The van der Waals surface area contributed by atoms with Crippen molar-refractivity contribution < 1.29 is 8.42 Å². The first kappa shape index (κ1) is 16.1. The van der Waals surface area contributed by atoms with Crippen molar-refractivity contribution in [2.45, 2.75) is 12.8 Å². The summed E-state index contributed by atoms with van der Waals surface area (Å²) in [7, 11) is -3.54. The largest absolute Gasteiger partial charge is 0.329 e.